The van der Waals surface area contributed by atoms with Crippen molar-refractivity contribution >= 4 is 5.91 Å². The van der Waals surface area contributed by atoms with Crippen LogP contribution in [0.4, 0.5) is 0 Å². The summed E-state index contributed by atoms with van der Waals surface area (Å²) in [5.74, 6) is 0.508. The number of rotatable bonds is 5. The largest absolute Gasteiger partial charge is 0.492 e. The fourth-order valence-corrected chi connectivity index (χ4v) is 1.91. The van der Waals surface area contributed by atoms with Crippen LogP contribution in [0.1, 0.15) is 17.9 Å². The van der Waals surface area contributed by atoms with E-state index in [4.69, 9.17) is 10.3 Å². The Hall–Kier alpha value is -2.20. The van der Waals surface area contributed by atoms with E-state index < -0.39 is 0 Å². The van der Waals surface area contributed by atoms with Gasteiger partial charge in [0.25, 0.3) is 0 Å². The Morgan fingerprint density at radius 3 is 3.22 bits per heavy atom. The minimum atomic E-state index is -0.235. The Balaban J connectivity index is 1.86. The quantitative estimate of drug-likeness (QED) is 0.372. The van der Waals surface area contributed by atoms with E-state index in [2.05, 4.69) is 15.3 Å². The summed E-state index contributed by atoms with van der Waals surface area (Å²) in [6.07, 6.45) is 0.644. The molecule has 1 N–H and O–H groups in total. The molecule has 1 atom stereocenters. The molecule has 1 aromatic rings. The molecule has 1 amide bonds. The number of para-hydroxylation sites is 1. The number of fused-ring (bicyclic) bond motifs is 1. The van der Waals surface area contributed by atoms with Crippen LogP contribution < -0.4 is 10.1 Å². The summed E-state index contributed by atoms with van der Waals surface area (Å²) in [4.78, 5) is 14.6. The van der Waals surface area contributed by atoms with Crippen LogP contribution in [-0.4, -0.2) is 25.6 Å². The third-order valence-electron chi connectivity index (χ3n) is 2.81. The van der Waals surface area contributed by atoms with E-state index in [0.717, 1.165) is 11.3 Å². The van der Waals surface area contributed by atoms with Gasteiger partial charge in [-0.25, -0.2) is 0 Å². The highest BCUT2D eigenvalue weighted by atomic mass is 16.5. The number of nitrogens with one attached hydrogen (secondary N) is 1. The molecule has 0 spiro atoms. The number of hydrogen-bond acceptors (Lipinski definition) is 3. The summed E-state index contributed by atoms with van der Waals surface area (Å²) in [6, 6.07) is 7.56. The van der Waals surface area contributed by atoms with Crippen LogP contribution in [0, 0.1) is 0 Å². The number of carbonyl (C=O) groups excluding carboxylic acids is 1. The minimum Gasteiger partial charge on any atom is -0.492 e. The lowest BCUT2D eigenvalue weighted by atomic mass is 10.0. The van der Waals surface area contributed by atoms with Crippen LogP contribution in [0.2, 0.25) is 0 Å². The van der Waals surface area contributed by atoms with E-state index in [1.54, 1.807) is 0 Å². The molecule has 1 aliphatic rings. The molecule has 2 rings (SSSR count). The summed E-state index contributed by atoms with van der Waals surface area (Å²) < 4.78 is 5.45. The number of nitrogens with zero attached hydrogens (tertiary/aromatic N) is 3. The Labute approximate surface area is 105 Å². The second-order valence-corrected chi connectivity index (χ2v) is 4.00. The van der Waals surface area contributed by atoms with E-state index in [-0.39, 0.29) is 11.8 Å². The smallest absolute Gasteiger partial charge is 0.231 e. The first-order chi connectivity index (χ1) is 8.83. The molecule has 94 valence electrons. The molecule has 0 radical (unpaired) electrons. The van der Waals surface area contributed by atoms with Crippen LogP contribution >= 0.6 is 0 Å². The first-order valence-electron chi connectivity index (χ1n) is 5.83. The zero-order valence-corrected chi connectivity index (χ0v) is 9.87. The SMILES string of the molecule is [N-]=[N+]=NCCCNC(=O)C1COc2ccccc21. The average Bonchev–Trinajstić information content (AvgIpc) is 2.82. The second-order valence-electron chi connectivity index (χ2n) is 4.00. The molecule has 0 saturated heterocycles. The molecule has 0 aromatic heterocycles. The van der Waals surface area contributed by atoms with E-state index in [1.165, 1.54) is 0 Å². The number of hydrogen-bond donors (Lipinski definition) is 1. The average molecular weight is 246 g/mol. The van der Waals surface area contributed by atoms with Gasteiger partial charge in [-0.1, -0.05) is 23.3 Å². The van der Waals surface area contributed by atoms with Gasteiger partial charge in [-0.3, -0.25) is 4.79 Å². The van der Waals surface area contributed by atoms with Crippen molar-refractivity contribution in [3.05, 3.63) is 40.3 Å². The number of benzene rings is 1. The van der Waals surface area contributed by atoms with Crippen molar-refractivity contribution in [2.45, 2.75) is 12.3 Å². The molecule has 6 heteroatoms. The lowest BCUT2D eigenvalue weighted by molar-refractivity contribution is -0.122. The van der Waals surface area contributed by atoms with Gasteiger partial charge < -0.3 is 10.1 Å². The highest BCUT2D eigenvalue weighted by Crippen LogP contribution is 2.33. The van der Waals surface area contributed by atoms with Crippen molar-refractivity contribution in [1.29, 1.82) is 0 Å². The maximum absolute atomic E-state index is 11.9. The molecular weight excluding hydrogens is 232 g/mol. The van der Waals surface area contributed by atoms with Crippen LogP contribution in [0.25, 0.3) is 10.4 Å². The predicted octanol–water partition coefficient (Wildman–Crippen LogP) is 1.98. The van der Waals surface area contributed by atoms with Gasteiger partial charge in [0.15, 0.2) is 0 Å². The molecule has 18 heavy (non-hydrogen) atoms. The molecule has 6 nitrogen and oxygen atoms in total. The molecule has 0 fully saturated rings. The molecule has 0 aliphatic carbocycles. The van der Waals surface area contributed by atoms with Crippen molar-refractivity contribution in [1.82, 2.24) is 5.32 Å². The molecule has 1 aromatic carbocycles. The van der Waals surface area contributed by atoms with Crippen LogP contribution in [0.15, 0.2) is 29.4 Å². The predicted molar refractivity (Wildman–Crippen MR) is 66.3 cm³/mol. The number of amides is 1. The first kappa shape index (κ1) is 12.3. The van der Waals surface area contributed by atoms with Gasteiger partial charge in [0.05, 0.1) is 0 Å². The van der Waals surface area contributed by atoms with Gasteiger partial charge in [0.2, 0.25) is 5.91 Å². The van der Waals surface area contributed by atoms with E-state index in [1.807, 2.05) is 24.3 Å². The summed E-state index contributed by atoms with van der Waals surface area (Å²) >= 11 is 0. The van der Waals surface area contributed by atoms with E-state index in [9.17, 15) is 4.79 Å². The first-order valence-corrected chi connectivity index (χ1v) is 5.83. The number of ether oxygens (including phenoxy) is 1. The molecular formula is C12H14N4O2. The van der Waals surface area contributed by atoms with Crippen LogP contribution in [-0.2, 0) is 4.79 Å². The maximum Gasteiger partial charge on any atom is 0.231 e. The van der Waals surface area contributed by atoms with E-state index in [0.29, 0.717) is 26.1 Å². The van der Waals surface area contributed by atoms with Gasteiger partial charge in [-0.2, -0.15) is 0 Å². The van der Waals surface area contributed by atoms with Crippen molar-refractivity contribution in [2.24, 2.45) is 5.11 Å². The lowest BCUT2D eigenvalue weighted by Gasteiger charge is -2.09. The summed E-state index contributed by atoms with van der Waals surface area (Å²) in [6.45, 7) is 1.30. The lowest BCUT2D eigenvalue weighted by Crippen LogP contribution is -2.31. The minimum absolute atomic E-state index is 0.0408. The van der Waals surface area contributed by atoms with E-state index >= 15 is 0 Å². The summed E-state index contributed by atoms with van der Waals surface area (Å²) in [7, 11) is 0. The van der Waals surface area contributed by atoms with Gasteiger partial charge in [-0.15, -0.1) is 0 Å². The molecule has 1 aliphatic heterocycles. The normalized spacial score (nSPS) is 16.3. The Morgan fingerprint density at radius 2 is 2.39 bits per heavy atom. The van der Waals surface area contributed by atoms with Gasteiger partial charge in [-0.05, 0) is 18.0 Å². The third kappa shape index (κ3) is 2.73. The van der Waals surface area contributed by atoms with Crippen LogP contribution in [0.5, 0.6) is 5.75 Å². The van der Waals surface area contributed by atoms with Gasteiger partial charge in [0, 0.05) is 23.6 Å². The highest BCUT2D eigenvalue weighted by Gasteiger charge is 2.29. The van der Waals surface area contributed by atoms with Gasteiger partial charge >= 0.3 is 0 Å². The third-order valence-corrected chi connectivity index (χ3v) is 2.81. The fraction of sp³-hybridized carbons (Fsp3) is 0.417. The number of azide groups is 1. The van der Waals surface area contributed by atoms with Crippen molar-refractivity contribution in [3.63, 3.8) is 0 Å². The topological polar surface area (TPSA) is 87.1 Å². The monoisotopic (exact) mass is 246 g/mol. The Bertz CT molecular complexity index is 483. The number of carbonyl (C=O) groups is 1. The molecule has 0 bridgehead atoms. The summed E-state index contributed by atoms with van der Waals surface area (Å²) in [5.41, 5.74) is 9.05. The summed E-state index contributed by atoms with van der Waals surface area (Å²) in [5, 5.41) is 6.23. The van der Waals surface area contributed by atoms with Crippen molar-refractivity contribution in [3.8, 4) is 5.75 Å². The fourth-order valence-electron chi connectivity index (χ4n) is 1.91. The Morgan fingerprint density at radius 1 is 1.56 bits per heavy atom. The second kappa shape index (κ2) is 5.93. The van der Waals surface area contributed by atoms with Gasteiger partial charge in [0.1, 0.15) is 18.3 Å². The highest BCUT2D eigenvalue weighted by molar-refractivity contribution is 5.85. The molecule has 0 saturated carbocycles. The standard InChI is InChI=1S/C12H14N4O2/c13-16-15-7-3-6-14-12(17)10-8-18-11-5-2-1-4-9(10)11/h1-2,4-5,10H,3,6-8H2,(H,14,17). The maximum atomic E-state index is 11.9. The Kier molecular flexibility index (Phi) is 4.04. The molecule has 1 unspecified atom stereocenters. The zero-order chi connectivity index (χ0) is 12.8. The van der Waals surface area contributed by atoms with Crippen molar-refractivity contribution in [2.75, 3.05) is 19.7 Å². The van der Waals surface area contributed by atoms with Crippen LogP contribution in [0.3, 0.4) is 0 Å². The molecule has 1 heterocycles. The van der Waals surface area contributed by atoms with Crippen molar-refractivity contribution < 1.29 is 9.53 Å². The zero-order valence-electron chi connectivity index (χ0n) is 9.87.